The van der Waals surface area contributed by atoms with E-state index in [0.29, 0.717) is 79.8 Å². The van der Waals surface area contributed by atoms with Crippen molar-refractivity contribution in [1.29, 1.82) is 0 Å². The average Bonchev–Trinajstić information content (AvgIpc) is 3.31. The molecule has 1 unspecified atom stereocenters. The number of hydrogen-bond donors (Lipinski definition) is 2. The molecule has 13 heteroatoms. The standard InChI is InChI=1S/C23H31Cl2NO3.C7H15Cl2N2O2P/c1-23-9-8-18-17-5-3-16(29-22(28)26(12-10-24)13-11-25)14-15(17)2-4-19(18)20(23)6-7-21(23)27;8-2-5-11(6-3-9)14(12)10-4-1-7-13-14/h3,5,14,18-21,27H,2,4,6-13H2,1H3;1-7H2,(H,10,12)/t18-,19-,20+,21+,23+;/m1./s1. The Bertz CT molecular complexity index is 1100. The molecule has 43 heavy (non-hydrogen) atoms. The van der Waals surface area contributed by atoms with Gasteiger partial charge >= 0.3 is 13.8 Å². The van der Waals surface area contributed by atoms with Gasteiger partial charge < -0.3 is 19.3 Å². The smallest absolute Gasteiger partial charge is 0.410 e. The summed E-state index contributed by atoms with van der Waals surface area (Å²) in [5.41, 5.74) is 2.82. The Hall–Kier alpha value is -0.280. The number of ether oxygens (including phenoxy) is 1. The van der Waals surface area contributed by atoms with Gasteiger partial charge in [-0.2, -0.15) is 0 Å². The fourth-order valence-corrected chi connectivity index (χ4v) is 10.6. The maximum absolute atomic E-state index is 12.4. The number of nitrogens with one attached hydrogen (secondary N) is 1. The monoisotopic (exact) mass is 699 g/mol. The van der Waals surface area contributed by atoms with E-state index in [0.717, 1.165) is 51.5 Å². The molecule has 5 rings (SSSR count). The molecule has 8 nitrogen and oxygen atoms in total. The van der Waals surface area contributed by atoms with Gasteiger partial charge in [0.15, 0.2) is 0 Å². The molecule has 1 saturated heterocycles. The predicted molar refractivity (Wildman–Crippen MR) is 175 cm³/mol. The van der Waals surface area contributed by atoms with Gasteiger partial charge in [-0.3, -0.25) is 4.57 Å². The van der Waals surface area contributed by atoms with E-state index >= 15 is 0 Å². The number of fused-ring (bicyclic) bond motifs is 5. The number of hydrogen-bond acceptors (Lipinski definition) is 5. The summed E-state index contributed by atoms with van der Waals surface area (Å²) >= 11 is 22.8. The van der Waals surface area contributed by atoms with Crippen LogP contribution >= 0.6 is 54.1 Å². The summed E-state index contributed by atoms with van der Waals surface area (Å²) in [6, 6.07) is 6.13. The number of rotatable bonds is 10. The Morgan fingerprint density at radius 3 is 2.40 bits per heavy atom. The maximum Gasteiger partial charge on any atom is 0.415 e. The molecule has 2 saturated carbocycles. The normalized spacial score (nSPS) is 31.3. The number of halogens is 4. The molecule has 1 aromatic carbocycles. The lowest BCUT2D eigenvalue weighted by molar-refractivity contribution is -0.0226. The van der Waals surface area contributed by atoms with Crippen LogP contribution in [0.5, 0.6) is 5.75 Å². The molecule has 2 N–H and O–H groups in total. The Morgan fingerprint density at radius 1 is 1.07 bits per heavy atom. The first-order valence-corrected chi connectivity index (χ1v) is 19.2. The van der Waals surface area contributed by atoms with Crippen molar-refractivity contribution in [2.45, 2.75) is 63.9 Å². The van der Waals surface area contributed by atoms with Crippen molar-refractivity contribution in [3.05, 3.63) is 29.3 Å². The zero-order chi connectivity index (χ0) is 31.0. The molecule has 0 bridgehead atoms. The molecule has 1 heterocycles. The fourth-order valence-electron chi connectivity index (χ4n) is 7.54. The zero-order valence-electron chi connectivity index (χ0n) is 25.0. The predicted octanol–water partition coefficient (Wildman–Crippen LogP) is 7.07. The Morgan fingerprint density at radius 2 is 1.77 bits per heavy atom. The summed E-state index contributed by atoms with van der Waals surface area (Å²) in [7, 11) is -2.84. The molecular formula is C30H46Cl4N3O5P. The molecule has 0 spiro atoms. The van der Waals surface area contributed by atoms with Crippen molar-refractivity contribution in [3.8, 4) is 5.75 Å². The molecule has 0 aromatic heterocycles. The number of amides is 1. The lowest BCUT2D eigenvalue weighted by Gasteiger charge is -2.50. The van der Waals surface area contributed by atoms with Gasteiger partial charge in [0.05, 0.1) is 12.7 Å². The van der Waals surface area contributed by atoms with Crippen LogP contribution in [-0.2, 0) is 15.5 Å². The van der Waals surface area contributed by atoms with Crippen molar-refractivity contribution >= 4 is 60.2 Å². The molecular weight excluding hydrogens is 655 g/mol. The highest BCUT2D eigenvalue weighted by Gasteiger charge is 2.54. The number of nitrogens with zero attached hydrogens (tertiary/aromatic N) is 2. The van der Waals surface area contributed by atoms with Crippen LogP contribution in [0.1, 0.15) is 62.5 Å². The first-order valence-electron chi connectivity index (χ1n) is 15.5. The van der Waals surface area contributed by atoms with E-state index in [-0.39, 0.29) is 11.5 Å². The number of carbonyl (C=O) groups excluding carboxylic acids is 1. The van der Waals surface area contributed by atoms with E-state index in [1.807, 2.05) is 12.1 Å². The Labute approximate surface area is 276 Å². The van der Waals surface area contributed by atoms with Crippen LogP contribution in [0.25, 0.3) is 0 Å². The number of carbonyl (C=O) groups is 1. The van der Waals surface area contributed by atoms with E-state index in [1.54, 1.807) is 9.57 Å². The molecule has 6 atom stereocenters. The zero-order valence-corrected chi connectivity index (χ0v) is 28.9. The molecule has 244 valence electrons. The van der Waals surface area contributed by atoms with E-state index in [1.165, 1.54) is 11.1 Å². The van der Waals surface area contributed by atoms with Crippen LogP contribution in [0.2, 0.25) is 0 Å². The minimum Gasteiger partial charge on any atom is -0.410 e. The van der Waals surface area contributed by atoms with Gasteiger partial charge in [0.2, 0.25) is 0 Å². The van der Waals surface area contributed by atoms with Gasteiger partial charge in [0.25, 0.3) is 0 Å². The molecule has 3 fully saturated rings. The summed E-state index contributed by atoms with van der Waals surface area (Å²) in [6.07, 6.45) is 6.87. The second-order valence-electron chi connectivity index (χ2n) is 12.1. The van der Waals surface area contributed by atoms with Crippen LogP contribution in [0.3, 0.4) is 0 Å². The quantitative estimate of drug-likeness (QED) is 0.199. The molecule has 1 amide bonds. The number of aryl methyl sites for hydroxylation is 1. The Balaban J connectivity index is 0.000000255. The molecule has 0 radical (unpaired) electrons. The first kappa shape index (κ1) is 35.6. The highest BCUT2D eigenvalue weighted by atomic mass is 35.5. The SMILES string of the molecule is C[C@]12CC[C@@H]3c4ccc(OC(=O)N(CCCl)CCCl)cc4CC[C@H]3[C@@H]1CC[C@@H]2O.O=P1(N(CCCl)CCCl)NCCCO1. The van der Waals surface area contributed by atoms with E-state index < -0.39 is 13.8 Å². The summed E-state index contributed by atoms with van der Waals surface area (Å²) in [6.45, 7) is 5.46. The second kappa shape index (κ2) is 16.5. The van der Waals surface area contributed by atoms with Gasteiger partial charge in [-0.1, -0.05) is 13.0 Å². The highest BCUT2D eigenvalue weighted by molar-refractivity contribution is 7.54. The van der Waals surface area contributed by atoms with Crippen molar-refractivity contribution in [2.24, 2.45) is 17.3 Å². The summed E-state index contributed by atoms with van der Waals surface area (Å²) in [5.74, 6) is 4.00. The summed E-state index contributed by atoms with van der Waals surface area (Å²) in [5, 5.41) is 13.4. The van der Waals surface area contributed by atoms with Crippen molar-refractivity contribution in [3.63, 3.8) is 0 Å². The van der Waals surface area contributed by atoms with E-state index in [9.17, 15) is 14.5 Å². The molecule has 1 aliphatic heterocycles. The first-order chi connectivity index (χ1) is 20.7. The number of benzene rings is 1. The van der Waals surface area contributed by atoms with Gasteiger partial charge in [-0.15, -0.1) is 46.4 Å². The summed E-state index contributed by atoms with van der Waals surface area (Å²) in [4.78, 5) is 14.0. The maximum atomic E-state index is 12.4. The topological polar surface area (TPSA) is 91.3 Å². The van der Waals surface area contributed by atoms with E-state index in [2.05, 4.69) is 18.1 Å². The average molecular weight is 701 g/mol. The van der Waals surface area contributed by atoms with Gasteiger partial charge in [-0.25, -0.2) is 14.6 Å². The fraction of sp³-hybridized carbons (Fsp3) is 0.767. The van der Waals surface area contributed by atoms with Gasteiger partial charge in [0, 0.05) is 56.2 Å². The third-order valence-corrected chi connectivity index (χ3v) is 12.8. The van der Waals surface area contributed by atoms with Crippen molar-refractivity contribution in [2.75, 3.05) is 62.9 Å². The Kier molecular flexibility index (Phi) is 13.7. The van der Waals surface area contributed by atoms with Gasteiger partial charge in [0.1, 0.15) is 5.75 Å². The van der Waals surface area contributed by atoms with Crippen LogP contribution in [0, 0.1) is 17.3 Å². The van der Waals surface area contributed by atoms with Gasteiger partial charge in [-0.05, 0) is 91.4 Å². The molecule has 4 aliphatic rings. The van der Waals surface area contributed by atoms with Crippen LogP contribution in [0.15, 0.2) is 18.2 Å². The largest absolute Gasteiger partial charge is 0.415 e. The molecule has 3 aliphatic carbocycles. The number of aliphatic hydroxyl groups excluding tert-OH is 1. The number of alkyl halides is 4. The highest BCUT2D eigenvalue weighted by Crippen LogP contribution is 2.61. The van der Waals surface area contributed by atoms with E-state index in [4.69, 9.17) is 55.7 Å². The minimum atomic E-state index is -2.84. The number of aliphatic hydroxyl groups is 1. The van der Waals surface area contributed by atoms with Crippen LogP contribution in [-0.4, -0.2) is 89.7 Å². The summed E-state index contributed by atoms with van der Waals surface area (Å²) < 4.78 is 24.8. The third-order valence-electron chi connectivity index (χ3n) is 9.78. The van der Waals surface area contributed by atoms with Crippen molar-refractivity contribution < 1.29 is 23.7 Å². The minimum absolute atomic E-state index is 0.0996. The third kappa shape index (κ3) is 8.36. The second-order valence-corrected chi connectivity index (χ2v) is 15.8. The molecule has 1 aromatic rings. The van der Waals surface area contributed by atoms with Crippen LogP contribution < -0.4 is 9.82 Å². The lowest BCUT2D eigenvalue weighted by atomic mass is 9.55. The lowest BCUT2D eigenvalue weighted by Crippen LogP contribution is -2.43. The van der Waals surface area contributed by atoms with Crippen molar-refractivity contribution in [1.82, 2.24) is 14.7 Å². The van der Waals surface area contributed by atoms with Crippen LogP contribution in [0.4, 0.5) is 4.79 Å².